The van der Waals surface area contributed by atoms with E-state index >= 15 is 0 Å². The van der Waals surface area contributed by atoms with Gasteiger partial charge in [0.05, 0.1) is 5.56 Å². The van der Waals surface area contributed by atoms with Crippen molar-refractivity contribution in [3.63, 3.8) is 0 Å². The smallest absolute Gasteiger partial charge is 0.416 e. The van der Waals surface area contributed by atoms with Crippen molar-refractivity contribution in [3.8, 4) is 5.75 Å². The number of rotatable bonds is 4. The van der Waals surface area contributed by atoms with E-state index in [0.717, 1.165) is 17.7 Å². The second-order valence-corrected chi connectivity index (χ2v) is 6.89. The van der Waals surface area contributed by atoms with Crippen molar-refractivity contribution in [1.82, 2.24) is 4.90 Å². The van der Waals surface area contributed by atoms with Crippen LogP contribution in [0.15, 0.2) is 48.5 Å². The number of carbonyl (C=O) groups is 1. The molecule has 1 atom stereocenters. The molecule has 1 saturated heterocycles. The lowest BCUT2D eigenvalue weighted by Gasteiger charge is -2.37. The zero-order valence-corrected chi connectivity index (χ0v) is 15.9. The van der Waals surface area contributed by atoms with Crippen LogP contribution in [0.1, 0.15) is 18.1 Å². The van der Waals surface area contributed by atoms with Crippen molar-refractivity contribution < 1.29 is 22.7 Å². The van der Waals surface area contributed by atoms with Gasteiger partial charge in [-0.3, -0.25) is 4.79 Å². The molecule has 0 aliphatic carbocycles. The molecule has 0 radical (unpaired) electrons. The molecule has 0 bridgehead atoms. The Labute approximate surface area is 162 Å². The number of ether oxygens (including phenoxy) is 1. The van der Waals surface area contributed by atoms with E-state index in [9.17, 15) is 18.0 Å². The normalized spacial score (nSPS) is 16.0. The molecule has 1 fully saturated rings. The van der Waals surface area contributed by atoms with Gasteiger partial charge in [-0.15, -0.1) is 0 Å². The third kappa shape index (κ3) is 4.58. The zero-order valence-electron chi connectivity index (χ0n) is 15.9. The topological polar surface area (TPSA) is 32.8 Å². The third-order valence-corrected chi connectivity index (χ3v) is 4.88. The molecular formula is C21H23F3N2O2. The Hall–Kier alpha value is -2.70. The van der Waals surface area contributed by atoms with Crippen LogP contribution < -0.4 is 9.64 Å². The minimum absolute atomic E-state index is 0.119. The Morgan fingerprint density at radius 2 is 1.71 bits per heavy atom. The molecule has 1 amide bonds. The molecule has 0 spiro atoms. The molecule has 0 N–H and O–H groups in total. The predicted molar refractivity (Wildman–Crippen MR) is 102 cm³/mol. The molecule has 150 valence electrons. The Morgan fingerprint density at radius 1 is 1.04 bits per heavy atom. The highest BCUT2D eigenvalue weighted by Gasteiger charge is 2.31. The van der Waals surface area contributed by atoms with Gasteiger partial charge in [0.2, 0.25) is 0 Å². The van der Waals surface area contributed by atoms with E-state index in [0.29, 0.717) is 37.6 Å². The van der Waals surface area contributed by atoms with Gasteiger partial charge in [-0.1, -0.05) is 24.3 Å². The molecule has 2 aromatic rings. The lowest BCUT2D eigenvalue weighted by atomic mass is 10.1. The second kappa shape index (κ2) is 8.12. The number of nitrogens with zero attached hydrogens (tertiary/aromatic N) is 2. The van der Waals surface area contributed by atoms with Crippen molar-refractivity contribution in [1.29, 1.82) is 0 Å². The average Bonchev–Trinajstić information content (AvgIpc) is 2.69. The zero-order chi connectivity index (χ0) is 20.3. The number of carbonyl (C=O) groups excluding carboxylic acids is 1. The van der Waals surface area contributed by atoms with Crippen LogP contribution in [0, 0.1) is 6.92 Å². The number of hydrogen-bond acceptors (Lipinski definition) is 3. The van der Waals surface area contributed by atoms with Crippen molar-refractivity contribution in [3.05, 3.63) is 59.7 Å². The van der Waals surface area contributed by atoms with Gasteiger partial charge in [0, 0.05) is 31.9 Å². The summed E-state index contributed by atoms with van der Waals surface area (Å²) in [7, 11) is 0. The first-order chi connectivity index (χ1) is 13.3. The number of benzene rings is 2. The fraction of sp³-hybridized carbons (Fsp3) is 0.381. The van der Waals surface area contributed by atoms with Gasteiger partial charge in [0.15, 0.2) is 6.10 Å². The SMILES string of the molecule is Cc1ccccc1O[C@@H](C)C(=O)N1CCN(c2cccc(C(F)(F)F)c2)CC1. The average molecular weight is 392 g/mol. The summed E-state index contributed by atoms with van der Waals surface area (Å²) >= 11 is 0. The molecule has 0 aromatic heterocycles. The first-order valence-corrected chi connectivity index (χ1v) is 9.19. The van der Waals surface area contributed by atoms with Gasteiger partial charge >= 0.3 is 6.18 Å². The summed E-state index contributed by atoms with van der Waals surface area (Å²) in [5, 5.41) is 0. The molecule has 1 aliphatic heterocycles. The number of alkyl halides is 3. The Balaban J connectivity index is 1.59. The molecule has 1 aliphatic rings. The van der Waals surface area contributed by atoms with Crippen LogP contribution in [-0.4, -0.2) is 43.1 Å². The van der Waals surface area contributed by atoms with E-state index < -0.39 is 17.8 Å². The number of amides is 1. The fourth-order valence-electron chi connectivity index (χ4n) is 3.25. The van der Waals surface area contributed by atoms with E-state index in [2.05, 4.69) is 0 Å². The highest BCUT2D eigenvalue weighted by Crippen LogP contribution is 2.32. The maximum absolute atomic E-state index is 12.9. The molecule has 2 aromatic carbocycles. The van der Waals surface area contributed by atoms with E-state index in [4.69, 9.17) is 4.74 Å². The summed E-state index contributed by atoms with van der Waals surface area (Å²) < 4.78 is 44.5. The maximum atomic E-state index is 12.9. The molecule has 28 heavy (non-hydrogen) atoms. The third-order valence-electron chi connectivity index (χ3n) is 4.88. The quantitative estimate of drug-likeness (QED) is 0.784. The van der Waals surface area contributed by atoms with Gasteiger partial charge in [-0.05, 0) is 43.7 Å². The largest absolute Gasteiger partial charge is 0.481 e. The van der Waals surface area contributed by atoms with Crippen LogP contribution in [0.4, 0.5) is 18.9 Å². The molecule has 4 nitrogen and oxygen atoms in total. The van der Waals surface area contributed by atoms with E-state index in [1.165, 1.54) is 6.07 Å². The fourth-order valence-corrected chi connectivity index (χ4v) is 3.25. The summed E-state index contributed by atoms with van der Waals surface area (Å²) in [5.74, 6) is 0.554. The first-order valence-electron chi connectivity index (χ1n) is 9.19. The summed E-state index contributed by atoms with van der Waals surface area (Å²) in [6.45, 7) is 5.47. The summed E-state index contributed by atoms with van der Waals surface area (Å²) in [5.41, 5.74) is 0.811. The van der Waals surface area contributed by atoms with Gasteiger partial charge in [-0.25, -0.2) is 0 Å². The molecule has 0 saturated carbocycles. The van der Waals surface area contributed by atoms with E-state index in [1.54, 1.807) is 17.9 Å². The predicted octanol–water partition coefficient (Wildman–Crippen LogP) is 4.13. The molecule has 7 heteroatoms. The summed E-state index contributed by atoms with van der Waals surface area (Å²) in [6, 6.07) is 12.8. The van der Waals surface area contributed by atoms with Gasteiger partial charge in [0.1, 0.15) is 5.75 Å². The highest BCUT2D eigenvalue weighted by atomic mass is 19.4. The minimum Gasteiger partial charge on any atom is -0.481 e. The van der Waals surface area contributed by atoms with Crippen molar-refractivity contribution in [2.45, 2.75) is 26.1 Å². The number of halogens is 3. The van der Waals surface area contributed by atoms with Crippen LogP contribution in [-0.2, 0) is 11.0 Å². The van der Waals surface area contributed by atoms with Crippen LogP contribution in [0.2, 0.25) is 0 Å². The van der Waals surface area contributed by atoms with E-state index in [1.807, 2.05) is 36.1 Å². The summed E-state index contributed by atoms with van der Waals surface area (Å²) in [4.78, 5) is 16.2. The lowest BCUT2D eigenvalue weighted by Crippen LogP contribution is -2.52. The number of para-hydroxylation sites is 1. The molecule has 1 heterocycles. The minimum atomic E-state index is -4.36. The van der Waals surface area contributed by atoms with Gasteiger partial charge in [-0.2, -0.15) is 13.2 Å². The first kappa shape index (κ1) is 20.0. The van der Waals surface area contributed by atoms with Gasteiger partial charge < -0.3 is 14.5 Å². The van der Waals surface area contributed by atoms with Crippen LogP contribution in [0.25, 0.3) is 0 Å². The number of hydrogen-bond donors (Lipinski definition) is 0. The molecule has 3 rings (SSSR count). The number of piperazine rings is 1. The highest BCUT2D eigenvalue weighted by molar-refractivity contribution is 5.81. The second-order valence-electron chi connectivity index (χ2n) is 6.89. The van der Waals surface area contributed by atoms with Crippen LogP contribution >= 0.6 is 0 Å². The van der Waals surface area contributed by atoms with Gasteiger partial charge in [0.25, 0.3) is 5.91 Å². The molecular weight excluding hydrogens is 369 g/mol. The van der Waals surface area contributed by atoms with E-state index in [-0.39, 0.29) is 5.91 Å². The Morgan fingerprint density at radius 3 is 2.36 bits per heavy atom. The van der Waals surface area contributed by atoms with Crippen LogP contribution in [0.3, 0.4) is 0 Å². The van der Waals surface area contributed by atoms with Crippen molar-refractivity contribution in [2.75, 3.05) is 31.1 Å². The van der Waals surface area contributed by atoms with Crippen molar-refractivity contribution >= 4 is 11.6 Å². The summed E-state index contributed by atoms with van der Waals surface area (Å²) in [6.07, 6.45) is -4.99. The monoisotopic (exact) mass is 392 g/mol. The van der Waals surface area contributed by atoms with Crippen LogP contribution in [0.5, 0.6) is 5.75 Å². The lowest BCUT2D eigenvalue weighted by molar-refractivity contribution is -0.138. The Kier molecular flexibility index (Phi) is 5.82. The number of anilines is 1. The molecule has 0 unspecified atom stereocenters. The number of aryl methyl sites for hydroxylation is 1. The van der Waals surface area contributed by atoms with Crippen molar-refractivity contribution in [2.24, 2.45) is 0 Å². The standard InChI is InChI=1S/C21H23F3N2O2/c1-15-6-3-4-9-19(15)28-16(2)20(27)26-12-10-25(11-13-26)18-8-5-7-17(14-18)21(22,23)24/h3-9,14,16H,10-13H2,1-2H3/t16-/m0/s1. The maximum Gasteiger partial charge on any atom is 0.416 e. The Bertz CT molecular complexity index is 830.